The molecule has 1 aliphatic rings. The monoisotopic (exact) mass is 445 g/mol. The van der Waals surface area contributed by atoms with E-state index in [1.165, 1.54) is 11.3 Å². The average molecular weight is 446 g/mol. The molecule has 160 valence electrons. The average Bonchev–Trinajstić information content (AvgIpc) is 3.49. The highest BCUT2D eigenvalue weighted by atomic mass is 35.5. The lowest BCUT2D eigenvalue weighted by Crippen LogP contribution is -2.27. The fourth-order valence-corrected chi connectivity index (χ4v) is 4.20. The second kappa shape index (κ2) is 8.13. The minimum absolute atomic E-state index is 0.218. The van der Waals surface area contributed by atoms with Crippen molar-refractivity contribution in [3.63, 3.8) is 0 Å². The van der Waals surface area contributed by atoms with E-state index >= 15 is 0 Å². The summed E-state index contributed by atoms with van der Waals surface area (Å²) in [7, 11) is 1.62. The summed E-state index contributed by atoms with van der Waals surface area (Å²) < 4.78 is 10.6. The highest BCUT2D eigenvalue weighted by molar-refractivity contribution is 6.30. The Labute approximate surface area is 190 Å². The molecule has 0 aliphatic carbocycles. The van der Waals surface area contributed by atoms with Crippen molar-refractivity contribution < 1.29 is 13.9 Å². The second-order valence-corrected chi connectivity index (χ2v) is 8.04. The molecule has 2 aromatic carbocycles. The Morgan fingerprint density at radius 2 is 1.97 bits per heavy atom. The van der Waals surface area contributed by atoms with Crippen LogP contribution in [0.3, 0.4) is 0 Å². The van der Waals surface area contributed by atoms with Crippen LogP contribution < -0.4 is 4.74 Å². The number of furan rings is 1. The number of hydrogen-bond acceptors (Lipinski definition) is 5. The zero-order chi connectivity index (χ0) is 22.2. The zero-order valence-corrected chi connectivity index (χ0v) is 18.3. The molecule has 2 aromatic heterocycles. The molecule has 0 saturated carbocycles. The van der Waals surface area contributed by atoms with E-state index in [4.69, 9.17) is 20.8 Å². The highest BCUT2D eigenvalue weighted by Crippen LogP contribution is 2.38. The van der Waals surface area contributed by atoms with Gasteiger partial charge < -0.3 is 9.15 Å². The number of rotatable bonds is 4. The Kier molecular flexibility index (Phi) is 5.15. The van der Waals surface area contributed by atoms with Crippen molar-refractivity contribution in [3.05, 3.63) is 94.5 Å². The predicted octanol–water partition coefficient (Wildman–Crippen LogP) is 5.79. The van der Waals surface area contributed by atoms with Gasteiger partial charge in [-0.1, -0.05) is 23.2 Å². The van der Waals surface area contributed by atoms with Crippen molar-refractivity contribution in [2.75, 3.05) is 7.11 Å². The van der Waals surface area contributed by atoms with Gasteiger partial charge >= 0.3 is 5.91 Å². The zero-order valence-electron chi connectivity index (χ0n) is 17.6. The highest BCUT2D eigenvalue weighted by Gasteiger charge is 2.36. The van der Waals surface area contributed by atoms with E-state index in [0.717, 1.165) is 39.1 Å². The number of methoxy groups -OCH3 is 1. The van der Waals surface area contributed by atoms with Gasteiger partial charge in [0.1, 0.15) is 10.9 Å². The molecule has 0 fully saturated rings. The summed E-state index contributed by atoms with van der Waals surface area (Å²) >= 11 is 6.61. The van der Waals surface area contributed by atoms with E-state index in [9.17, 15) is 4.79 Å². The van der Waals surface area contributed by atoms with E-state index < -0.39 is 6.04 Å². The maximum atomic E-state index is 13.2. The number of pyridine rings is 1. The number of hydrazone groups is 1. The normalized spacial score (nSPS) is 15.8. The predicted molar refractivity (Wildman–Crippen MR) is 123 cm³/mol. The second-order valence-electron chi connectivity index (χ2n) is 7.69. The van der Waals surface area contributed by atoms with Gasteiger partial charge in [-0.25, -0.2) is 9.99 Å². The van der Waals surface area contributed by atoms with Crippen LogP contribution in [-0.2, 0) is 0 Å². The Hall–Kier alpha value is -3.64. The van der Waals surface area contributed by atoms with Gasteiger partial charge in [-0.05, 0) is 67.1 Å². The summed E-state index contributed by atoms with van der Waals surface area (Å²) in [4.78, 5) is 17.8. The Balaban J connectivity index is 1.59. The number of hydrogen-bond donors (Lipinski definition) is 0. The summed E-state index contributed by atoms with van der Waals surface area (Å²) in [5, 5.41) is 7.45. The van der Waals surface area contributed by atoms with E-state index in [-0.39, 0.29) is 11.7 Å². The molecule has 0 bridgehead atoms. The van der Waals surface area contributed by atoms with Crippen LogP contribution in [0.15, 0.2) is 76.4 Å². The molecule has 3 heterocycles. The molecule has 1 aliphatic heterocycles. The summed E-state index contributed by atoms with van der Waals surface area (Å²) in [5.74, 6) is 0.643. The molecule has 1 amide bonds. The van der Waals surface area contributed by atoms with Gasteiger partial charge in [0, 0.05) is 17.4 Å². The molecule has 6 nitrogen and oxygen atoms in total. The van der Waals surface area contributed by atoms with Crippen molar-refractivity contribution in [1.82, 2.24) is 9.99 Å². The molecule has 0 spiro atoms. The van der Waals surface area contributed by atoms with Crippen LogP contribution in [0.2, 0.25) is 5.15 Å². The van der Waals surface area contributed by atoms with E-state index in [2.05, 4.69) is 16.2 Å². The van der Waals surface area contributed by atoms with Gasteiger partial charge in [0.05, 0.1) is 30.6 Å². The van der Waals surface area contributed by atoms with E-state index in [0.29, 0.717) is 11.6 Å². The first-order chi connectivity index (χ1) is 15.5. The number of fused-ring (bicyclic) bond motifs is 1. The maximum Gasteiger partial charge on any atom is 0.310 e. The molecule has 7 heteroatoms. The van der Waals surface area contributed by atoms with Crippen LogP contribution in [0, 0.1) is 6.92 Å². The van der Waals surface area contributed by atoms with Crippen LogP contribution in [-0.4, -0.2) is 28.7 Å². The minimum Gasteiger partial charge on any atom is -0.497 e. The first kappa shape index (κ1) is 20.3. The van der Waals surface area contributed by atoms with E-state index in [1.54, 1.807) is 19.2 Å². The smallest absolute Gasteiger partial charge is 0.310 e. The van der Waals surface area contributed by atoms with Crippen molar-refractivity contribution in [2.24, 2.45) is 5.10 Å². The van der Waals surface area contributed by atoms with Crippen molar-refractivity contribution >= 4 is 34.1 Å². The number of amides is 1. The summed E-state index contributed by atoms with van der Waals surface area (Å²) in [6, 6.07) is 18.5. The number of nitrogens with zero attached hydrogens (tertiary/aromatic N) is 3. The number of benzene rings is 2. The number of carbonyl (C=O) groups is 1. The SMILES string of the molecule is COc1ccc(C2=NN(C(=O)c3ccco3)C(c3cc4cc(C)ccc4nc3Cl)C2)cc1. The lowest BCUT2D eigenvalue weighted by Gasteiger charge is -2.22. The lowest BCUT2D eigenvalue weighted by atomic mass is 9.98. The fourth-order valence-electron chi connectivity index (χ4n) is 3.93. The van der Waals surface area contributed by atoms with Gasteiger partial charge in [0.25, 0.3) is 0 Å². The summed E-state index contributed by atoms with van der Waals surface area (Å²) in [5.41, 5.74) is 4.36. The van der Waals surface area contributed by atoms with Crippen molar-refractivity contribution in [1.29, 1.82) is 0 Å². The fraction of sp³-hybridized carbons (Fsp3) is 0.160. The van der Waals surface area contributed by atoms with Crippen molar-refractivity contribution in [2.45, 2.75) is 19.4 Å². The molecule has 4 aromatic rings. The van der Waals surface area contributed by atoms with Crippen molar-refractivity contribution in [3.8, 4) is 5.75 Å². The third-order valence-electron chi connectivity index (χ3n) is 5.58. The minimum atomic E-state index is -0.408. The van der Waals surface area contributed by atoms with E-state index in [1.807, 2.05) is 49.4 Å². The molecule has 0 saturated heterocycles. The third-order valence-corrected chi connectivity index (χ3v) is 5.89. The molecule has 5 rings (SSSR count). The van der Waals surface area contributed by atoms with Gasteiger partial charge in [-0.15, -0.1) is 0 Å². The van der Waals surface area contributed by atoms with Crippen LogP contribution >= 0.6 is 11.6 Å². The van der Waals surface area contributed by atoms with Crippen LogP contribution in [0.5, 0.6) is 5.75 Å². The summed E-state index contributed by atoms with van der Waals surface area (Å²) in [6.45, 7) is 2.03. The first-order valence-corrected chi connectivity index (χ1v) is 10.6. The van der Waals surface area contributed by atoms with Gasteiger partial charge in [-0.3, -0.25) is 4.79 Å². The molecule has 1 unspecified atom stereocenters. The number of aromatic nitrogens is 1. The van der Waals surface area contributed by atoms with Crippen LogP contribution in [0.4, 0.5) is 0 Å². The Morgan fingerprint density at radius 1 is 1.16 bits per heavy atom. The van der Waals surface area contributed by atoms with Gasteiger partial charge in [0.15, 0.2) is 5.76 Å². The lowest BCUT2D eigenvalue weighted by molar-refractivity contribution is 0.0678. The number of aryl methyl sites for hydroxylation is 1. The van der Waals surface area contributed by atoms with Gasteiger partial charge in [0.2, 0.25) is 0 Å². The maximum absolute atomic E-state index is 13.2. The number of carbonyl (C=O) groups excluding carboxylic acids is 1. The quantitative estimate of drug-likeness (QED) is 0.373. The summed E-state index contributed by atoms with van der Waals surface area (Å²) in [6.07, 6.45) is 1.97. The Morgan fingerprint density at radius 3 is 2.69 bits per heavy atom. The van der Waals surface area contributed by atoms with Crippen LogP contribution in [0.1, 0.15) is 39.7 Å². The Bertz CT molecular complexity index is 1330. The molecule has 1 atom stereocenters. The van der Waals surface area contributed by atoms with Gasteiger partial charge in [-0.2, -0.15) is 5.10 Å². The largest absolute Gasteiger partial charge is 0.497 e. The number of ether oxygens (including phenoxy) is 1. The number of halogens is 1. The topological polar surface area (TPSA) is 67.9 Å². The molecule has 32 heavy (non-hydrogen) atoms. The molecular weight excluding hydrogens is 426 g/mol. The standard InChI is InChI=1S/C25H20ClN3O3/c1-15-5-10-20-17(12-15)13-19(24(26)27-20)22-14-21(16-6-8-18(31-2)9-7-16)28-29(22)25(30)23-4-3-11-32-23/h3-13,22H,14H2,1-2H3. The first-order valence-electron chi connectivity index (χ1n) is 10.2. The third kappa shape index (κ3) is 3.63. The van der Waals surface area contributed by atoms with Crippen LogP contribution in [0.25, 0.3) is 10.9 Å². The molecule has 0 radical (unpaired) electrons. The molecule has 0 N–H and O–H groups in total. The molecular formula is C25H20ClN3O3.